The SMILES string of the molecule is CC1(C)CN(c2ncnc(NC3CC(CN)(c4ccccc4)C3)n2)CCN1. The van der Waals surface area contributed by atoms with E-state index in [1.54, 1.807) is 6.33 Å². The Morgan fingerprint density at radius 3 is 2.70 bits per heavy atom. The van der Waals surface area contributed by atoms with Crippen molar-refractivity contribution < 1.29 is 0 Å². The molecular weight excluding hydrogens is 338 g/mol. The highest BCUT2D eigenvalue weighted by molar-refractivity contribution is 5.40. The van der Waals surface area contributed by atoms with Crippen LogP contribution in [0, 0.1) is 0 Å². The monoisotopic (exact) mass is 367 g/mol. The molecule has 4 rings (SSSR count). The molecule has 0 atom stereocenters. The molecule has 7 nitrogen and oxygen atoms in total. The van der Waals surface area contributed by atoms with Gasteiger partial charge in [0.1, 0.15) is 6.33 Å². The molecule has 1 aliphatic carbocycles. The minimum atomic E-state index is 0.0584. The predicted octanol–water partition coefficient (Wildman–Crippen LogP) is 1.53. The molecule has 4 N–H and O–H groups in total. The Labute approximate surface area is 160 Å². The summed E-state index contributed by atoms with van der Waals surface area (Å²) >= 11 is 0. The highest BCUT2D eigenvalue weighted by Crippen LogP contribution is 2.44. The fraction of sp³-hybridized carbons (Fsp3) is 0.550. The van der Waals surface area contributed by atoms with Crippen LogP contribution < -0.4 is 21.3 Å². The van der Waals surface area contributed by atoms with Gasteiger partial charge in [0.15, 0.2) is 0 Å². The van der Waals surface area contributed by atoms with Gasteiger partial charge in [-0.25, -0.2) is 9.97 Å². The van der Waals surface area contributed by atoms with Crippen LogP contribution in [0.3, 0.4) is 0 Å². The Hall–Kier alpha value is -2.25. The molecule has 2 heterocycles. The van der Waals surface area contributed by atoms with Crippen LogP contribution >= 0.6 is 0 Å². The maximum absolute atomic E-state index is 6.12. The van der Waals surface area contributed by atoms with Gasteiger partial charge in [-0.1, -0.05) is 30.3 Å². The lowest BCUT2D eigenvalue weighted by Crippen LogP contribution is -2.57. The van der Waals surface area contributed by atoms with Gasteiger partial charge in [-0.15, -0.1) is 0 Å². The number of nitrogens with two attached hydrogens (primary N) is 1. The number of nitrogens with zero attached hydrogens (tertiary/aromatic N) is 4. The van der Waals surface area contributed by atoms with Crippen LogP contribution in [-0.2, 0) is 5.41 Å². The van der Waals surface area contributed by atoms with Crippen molar-refractivity contribution in [3.05, 3.63) is 42.2 Å². The van der Waals surface area contributed by atoms with E-state index in [0.29, 0.717) is 18.5 Å². The van der Waals surface area contributed by atoms with Gasteiger partial charge < -0.3 is 21.3 Å². The first-order valence-corrected chi connectivity index (χ1v) is 9.71. The molecular formula is C20H29N7. The normalized spacial score (nSPS) is 27.1. The molecule has 2 fully saturated rings. The maximum Gasteiger partial charge on any atom is 0.230 e. The Bertz CT molecular complexity index is 771. The molecule has 1 saturated heterocycles. The molecule has 1 aliphatic heterocycles. The van der Waals surface area contributed by atoms with Crippen LogP contribution in [-0.4, -0.2) is 52.7 Å². The minimum Gasteiger partial charge on any atom is -0.351 e. The van der Waals surface area contributed by atoms with Gasteiger partial charge in [-0.3, -0.25) is 0 Å². The number of hydrogen-bond acceptors (Lipinski definition) is 7. The molecule has 0 spiro atoms. The summed E-state index contributed by atoms with van der Waals surface area (Å²) in [6, 6.07) is 10.9. The largest absolute Gasteiger partial charge is 0.351 e. The number of piperazine rings is 1. The lowest BCUT2D eigenvalue weighted by atomic mass is 9.61. The zero-order chi connectivity index (χ0) is 18.9. The quantitative estimate of drug-likeness (QED) is 0.738. The molecule has 0 amide bonds. The van der Waals surface area contributed by atoms with Crippen molar-refractivity contribution in [1.29, 1.82) is 0 Å². The van der Waals surface area contributed by atoms with Crippen molar-refractivity contribution >= 4 is 11.9 Å². The summed E-state index contributed by atoms with van der Waals surface area (Å²) in [5.74, 6) is 1.40. The Morgan fingerprint density at radius 2 is 2.00 bits per heavy atom. The van der Waals surface area contributed by atoms with Crippen molar-refractivity contribution in [2.45, 2.75) is 43.7 Å². The molecule has 7 heteroatoms. The topological polar surface area (TPSA) is 92.0 Å². The highest BCUT2D eigenvalue weighted by atomic mass is 15.3. The fourth-order valence-electron chi connectivity index (χ4n) is 4.30. The van der Waals surface area contributed by atoms with Gasteiger partial charge in [0.25, 0.3) is 0 Å². The van der Waals surface area contributed by atoms with E-state index in [-0.39, 0.29) is 11.0 Å². The summed E-state index contributed by atoms with van der Waals surface area (Å²) in [5, 5.41) is 6.99. The second-order valence-corrected chi connectivity index (χ2v) is 8.44. The summed E-state index contributed by atoms with van der Waals surface area (Å²) < 4.78 is 0. The van der Waals surface area contributed by atoms with Gasteiger partial charge in [0, 0.05) is 43.2 Å². The average Bonchev–Trinajstić information content (AvgIpc) is 2.64. The van der Waals surface area contributed by atoms with Crippen molar-refractivity contribution in [2.24, 2.45) is 5.73 Å². The molecule has 0 radical (unpaired) electrons. The van der Waals surface area contributed by atoms with Crippen molar-refractivity contribution in [3.63, 3.8) is 0 Å². The van der Waals surface area contributed by atoms with Crippen LogP contribution in [0.5, 0.6) is 0 Å². The summed E-state index contributed by atoms with van der Waals surface area (Å²) in [7, 11) is 0. The van der Waals surface area contributed by atoms with Gasteiger partial charge in [0.2, 0.25) is 11.9 Å². The number of nitrogens with one attached hydrogen (secondary N) is 2. The van der Waals surface area contributed by atoms with Crippen LogP contribution in [0.15, 0.2) is 36.7 Å². The Morgan fingerprint density at radius 1 is 1.22 bits per heavy atom. The first-order chi connectivity index (χ1) is 13.0. The number of anilines is 2. The first-order valence-electron chi connectivity index (χ1n) is 9.71. The molecule has 0 unspecified atom stereocenters. The van der Waals surface area contributed by atoms with Gasteiger partial charge in [-0.05, 0) is 32.3 Å². The van der Waals surface area contributed by atoms with Crippen molar-refractivity contribution in [2.75, 3.05) is 36.4 Å². The Balaban J connectivity index is 1.41. The van der Waals surface area contributed by atoms with E-state index in [9.17, 15) is 0 Å². The number of hydrogen-bond donors (Lipinski definition) is 3. The van der Waals surface area contributed by atoms with E-state index < -0.39 is 0 Å². The third-order valence-electron chi connectivity index (χ3n) is 5.80. The van der Waals surface area contributed by atoms with E-state index in [1.165, 1.54) is 5.56 Å². The highest BCUT2D eigenvalue weighted by Gasteiger charge is 2.44. The average molecular weight is 368 g/mol. The summed E-state index contributed by atoms with van der Waals surface area (Å²) in [4.78, 5) is 15.6. The lowest BCUT2D eigenvalue weighted by molar-refractivity contribution is 0.225. The van der Waals surface area contributed by atoms with E-state index in [4.69, 9.17) is 5.73 Å². The van der Waals surface area contributed by atoms with E-state index in [2.05, 4.69) is 68.6 Å². The molecule has 1 aromatic carbocycles. The third-order valence-corrected chi connectivity index (χ3v) is 5.80. The zero-order valence-corrected chi connectivity index (χ0v) is 16.2. The minimum absolute atomic E-state index is 0.0584. The standard InChI is InChI=1S/C20H29N7/c1-19(2)13-27(9-8-24-19)18-23-14-22-17(26-18)25-16-10-20(11-16,12-21)15-6-4-3-5-7-15/h3-7,14,16,24H,8-13,21H2,1-2H3,(H,22,23,25,26). The van der Waals surface area contributed by atoms with Crippen LogP contribution in [0.1, 0.15) is 32.3 Å². The van der Waals surface area contributed by atoms with Crippen LogP contribution in [0.2, 0.25) is 0 Å². The van der Waals surface area contributed by atoms with Crippen molar-refractivity contribution in [3.8, 4) is 0 Å². The second kappa shape index (κ2) is 7.05. The Kier molecular flexibility index (Phi) is 4.74. The van der Waals surface area contributed by atoms with Crippen LogP contribution in [0.4, 0.5) is 11.9 Å². The molecule has 0 bridgehead atoms. The number of rotatable bonds is 5. The smallest absolute Gasteiger partial charge is 0.230 e. The molecule has 144 valence electrons. The molecule has 2 aliphatic rings. The van der Waals surface area contributed by atoms with E-state index in [0.717, 1.165) is 38.4 Å². The van der Waals surface area contributed by atoms with Crippen molar-refractivity contribution in [1.82, 2.24) is 20.3 Å². The summed E-state index contributed by atoms with van der Waals surface area (Å²) in [6.07, 6.45) is 3.59. The summed E-state index contributed by atoms with van der Waals surface area (Å²) in [5.41, 5.74) is 7.57. The van der Waals surface area contributed by atoms with Gasteiger partial charge >= 0.3 is 0 Å². The molecule has 27 heavy (non-hydrogen) atoms. The fourth-order valence-corrected chi connectivity index (χ4v) is 4.30. The third kappa shape index (κ3) is 3.75. The van der Waals surface area contributed by atoms with Gasteiger partial charge in [0.05, 0.1) is 0 Å². The van der Waals surface area contributed by atoms with Crippen LogP contribution in [0.25, 0.3) is 0 Å². The molecule has 2 aromatic rings. The zero-order valence-electron chi connectivity index (χ0n) is 16.2. The maximum atomic E-state index is 6.12. The number of aromatic nitrogens is 3. The number of benzene rings is 1. The van der Waals surface area contributed by atoms with E-state index >= 15 is 0 Å². The van der Waals surface area contributed by atoms with E-state index in [1.807, 2.05) is 6.07 Å². The summed E-state index contributed by atoms with van der Waals surface area (Å²) in [6.45, 7) is 7.77. The first kappa shape index (κ1) is 18.1. The second-order valence-electron chi connectivity index (χ2n) is 8.44. The predicted molar refractivity (Wildman–Crippen MR) is 108 cm³/mol. The molecule has 1 saturated carbocycles. The van der Waals surface area contributed by atoms with Gasteiger partial charge in [-0.2, -0.15) is 4.98 Å². The lowest BCUT2D eigenvalue weighted by Gasteiger charge is -2.48. The molecule has 1 aromatic heterocycles.